The Labute approximate surface area is 172 Å². The van der Waals surface area contributed by atoms with E-state index >= 15 is 0 Å². The van der Waals surface area contributed by atoms with Crippen LogP contribution in [-0.2, 0) is 6.42 Å². The van der Waals surface area contributed by atoms with E-state index in [9.17, 15) is 9.90 Å². The van der Waals surface area contributed by atoms with Crippen LogP contribution in [0.5, 0.6) is 0 Å². The number of aromatic amines is 1. The van der Waals surface area contributed by atoms with Crippen molar-refractivity contribution in [2.24, 2.45) is 0 Å². The standard InChI is InChI=1S/C22H21N5O3/c1-12-20(30-21(25-12)13(2)28)22(29)27-10-9-16-18(24-11-23-16)19(27)17-8-7-14-5-3-4-6-15(14)26-17/h3-8,11,13,19,28H,9-10H2,1-2H3,(H,23,24)/t13-,19-/m1/s1. The number of H-pyrrole nitrogens is 1. The van der Waals surface area contributed by atoms with Gasteiger partial charge in [-0.05, 0) is 26.0 Å². The summed E-state index contributed by atoms with van der Waals surface area (Å²) in [7, 11) is 0. The second kappa shape index (κ2) is 7.07. The lowest BCUT2D eigenvalue weighted by Gasteiger charge is -2.34. The molecule has 2 N–H and O–H groups in total. The number of carbonyl (C=O) groups is 1. The van der Waals surface area contributed by atoms with Gasteiger partial charge in [0.15, 0.2) is 0 Å². The number of aliphatic hydroxyl groups excluding tert-OH is 1. The number of oxazole rings is 1. The molecule has 3 aromatic heterocycles. The number of nitrogens with one attached hydrogen (secondary N) is 1. The van der Waals surface area contributed by atoms with E-state index in [1.54, 1.807) is 25.1 Å². The zero-order chi connectivity index (χ0) is 20.8. The van der Waals surface area contributed by atoms with E-state index in [2.05, 4.69) is 15.0 Å². The van der Waals surface area contributed by atoms with Crippen molar-refractivity contribution >= 4 is 16.8 Å². The predicted octanol–water partition coefficient (Wildman–Crippen LogP) is 3.10. The van der Waals surface area contributed by atoms with Crippen molar-refractivity contribution in [1.29, 1.82) is 0 Å². The maximum atomic E-state index is 13.5. The SMILES string of the molecule is Cc1nc([C@@H](C)O)oc1C(=O)N1CCc2[nH]cnc2[C@H]1c1ccc2ccccc2n1. The number of aliphatic hydroxyl groups is 1. The van der Waals surface area contributed by atoms with Crippen molar-refractivity contribution in [1.82, 2.24) is 24.8 Å². The minimum Gasteiger partial charge on any atom is -0.432 e. The summed E-state index contributed by atoms with van der Waals surface area (Å²) >= 11 is 0. The molecule has 5 rings (SSSR count). The number of benzene rings is 1. The Morgan fingerprint density at radius 2 is 2.10 bits per heavy atom. The Balaban J connectivity index is 1.60. The van der Waals surface area contributed by atoms with E-state index in [4.69, 9.17) is 9.40 Å². The van der Waals surface area contributed by atoms with Gasteiger partial charge >= 0.3 is 0 Å². The number of para-hydroxylation sites is 1. The lowest BCUT2D eigenvalue weighted by molar-refractivity contribution is 0.0644. The number of aromatic nitrogens is 4. The fraction of sp³-hybridized carbons (Fsp3) is 0.273. The Bertz CT molecular complexity index is 1240. The molecule has 0 saturated heterocycles. The van der Waals surface area contributed by atoms with E-state index < -0.39 is 12.1 Å². The molecule has 0 fully saturated rings. The monoisotopic (exact) mass is 403 g/mol. The molecule has 8 nitrogen and oxygen atoms in total. The number of imidazole rings is 1. The molecule has 30 heavy (non-hydrogen) atoms. The van der Waals surface area contributed by atoms with Gasteiger partial charge in [-0.1, -0.05) is 24.3 Å². The van der Waals surface area contributed by atoms with Crippen molar-refractivity contribution in [3.05, 3.63) is 77.2 Å². The largest absolute Gasteiger partial charge is 0.432 e. The number of aryl methyl sites for hydroxylation is 1. The molecular formula is C22H21N5O3. The first kappa shape index (κ1) is 18.5. The van der Waals surface area contributed by atoms with Crippen molar-refractivity contribution in [2.75, 3.05) is 6.54 Å². The number of amides is 1. The second-order valence-electron chi connectivity index (χ2n) is 7.49. The number of hydrogen-bond acceptors (Lipinski definition) is 6. The van der Waals surface area contributed by atoms with E-state index in [1.807, 2.05) is 36.4 Å². The molecule has 0 aliphatic carbocycles. The fourth-order valence-electron chi connectivity index (χ4n) is 3.95. The van der Waals surface area contributed by atoms with Crippen LogP contribution < -0.4 is 0 Å². The summed E-state index contributed by atoms with van der Waals surface area (Å²) in [6.45, 7) is 3.74. The third-order valence-corrected chi connectivity index (χ3v) is 5.45. The zero-order valence-corrected chi connectivity index (χ0v) is 16.7. The van der Waals surface area contributed by atoms with Crippen LogP contribution in [-0.4, -0.2) is 42.4 Å². The minimum atomic E-state index is -0.887. The summed E-state index contributed by atoms with van der Waals surface area (Å²) < 4.78 is 5.61. The molecule has 152 valence electrons. The van der Waals surface area contributed by atoms with E-state index in [1.165, 1.54) is 0 Å². The molecular weight excluding hydrogens is 382 g/mol. The lowest BCUT2D eigenvalue weighted by Crippen LogP contribution is -2.41. The van der Waals surface area contributed by atoms with Gasteiger partial charge < -0.3 is 19.4 Å². The summed E-state index contributed by atoms with van der Waals surface area (Å²) in [5, 5.41) is 10.8. The highest BCUT2D eigenvalue weighted by Crippen LogP contribution is 2.35. The first-order chi connectivity index (χ1) is 14.5. The highest BCUT2D eigenvalue weighted by Gasteiger charge is 2.37. The highest BCUT2D eigenvalue weighted by atomic mass is 16.4. The zero-order valence-electron chi connectivity index (χ0n) is 16.7. The molecule has 1 aliphatic rings. The van der Waals surface area contributed by atoms with Gasteiger partial charge in [0.25, 0.3) is 5.91 Å². The molecule has 1 aromatic carbocycles. The van der Waals surface area contributed by atoms with Crippen molar-refractivity contribution < 1.29 is 14.3 Å². The number of pyridine rings is 1. The summed E-state index contributed by atoms with van der Waals surface area (Å²) in [6, 6.07) is 11.4. The van der Waals surface area contributed by atoms with Crippen LogP contribution in [0.1, 0.15) is 58.3 Å². The highest BCUT2D eigenvalue weighted by molar-refractivity contribution is 5.93. The van der Waals surface area contributed by atoms with Crippen LogP contribution in [0.2, 0.25) is 0 Å². The van der Waals surface area contributed by atoms with Gasteiger partial charge in [-0.3, -0.25) is 9.78 Å². The van der Waals surface area contributed by atoms with Crippen LogP contribution in [0.4, 0.5) is 0 Å². The smallest absolute Gasteiger partial charge is 0.292 e. The van der Waals surface area contributed by atoms with Gasteiger partial charge in [0, 0.05) is 24.0 Å². The van der Waals surface area contributed by atoms with Gasteiger partial charge in [0.1, 0.15) is 12.1 Å². The fourth-order valence-corrected chi connectivity index (χ4v) is 3.95. The van der Waals surface area contributed by atoms with E-state index in [0.717, 1.165) is 28.0 Å². The Kier molecular flexibility index (Phi) is 4.36. The average Bonchev–Trinajstić information content (AvgIpc) is 3.38. The first-order valence-electron chi connectivity index (χ1n) is 9.87. The van der Waals surface area contributed by atoms with Crippen LogP contribution >= 0.6 is 0 Å². The number of fused-ring (bicyclic) bond motifs is 2. The number of nitrogens with zero attached hydrogens (tertiary/aromatic N) is 4. The topological polar surface area (TPSA) is 108 Å². The summed E-state index contributed by atoms with van der Waals surface area (Å²) in [4.78, 5) is 31.9. The quantitative estimate of drug-likeness (QED) is 0.544. The Morgan fingerprint density at radius 3 is 2.90 bits per heavy atom. The van der Waals surface area contributed by atoms with Crippen molar-refractivity contribution in [3.63, 3.8) is 0 Å². The van der Waals surface area contributed by atoms with E-state index in [-0.39, 0.29) is 17.6 Å². The van der Waals surface area contributed by atoms with Crippen molar-refractivity contribution in [2.45, 2.75) is 32.4 Å². The van der Waals surface area contributed by atoms with Gasteiger partial charge in [0.2, 0.25) is 11.7 Å². The molecule has 0 bridgehead atoms. The first-order valence-corrected chi connectivity index (χ1v) is 9.87. The van der Waals surface area contributed by atoms with Crippen LogP contribution in [0.15, 0.2) is 47.1 Å². The number of hydrogen-bond donors (Lipinski definition) is 2. The summed E-state index contributed by atoms with van der Waals surface area (Å²) in [5.74, 6) is -0.0233. The van der Waals surface area contributed by atoms with Gasteiger partial charge in [0.05, 0.1) is 28.9 Å². The Hall–Kier alpha value is -3.52. The minimum absolute atomic E-state index is 0.133. The van der Waals surface area contributed by atoms with Crippen LogP contribution in [0, 0.1) is 6.92 Å². The molecule has 0 saturated carbocycles. The molecule has 4 aromatic rings. The summed E-state index contributed by atoms with van der Waals surface area (Å²) in [5.41, 5.74) is 3.83. The molecule has 0 unspecified atom stereocenters. The Morgan fingerprint density at radius 1 is 1.27 bits per heavy atom. The number of rotatable bonds is 3. The third kappa shape index (κ3) is 2.96. The molecule has 2 atom stereocenters. The molecule has 4 heterocycles. The predicted molar refractivity (Wildman–Crippen MR) is 109 cm³/mol. The lowest BCUT2D eigenvalue weighted by atomic mass is 9.98. The van der Waals surface area contributed by atoms with Crippen LogP contribution in [0.25, 0.3) is 10.9 Å². The normalized spacial score (nSPS) is 17.2. The van der Waals surface area contributed by atoms with Crippen molar-refractivity contribution in [3.8, 4) is 0 Å². The van der Waals surface area contributed by atoms with Crippen LogP contribution in [0.3, 0.4) is 0 Å². The number of carbonyl (C=O) groups excluding carboxylic acids is 1. The van der Waals surface area contributed by atoms with Gasteiger partial charge in [-0.15, -0.1) is 0 Å². The molecule has 1 amide bonds. The molecule has 0 radical (unpaired) electrons. The molecule has 8 heteroatoms. The molecule has 1 aliphatic heterocycles. The average molecular weight is 403 g/mol. The summed E-state index contributed by atoms with van der Waals surface area (Å²) in [6.07, 6.45) is 1.42. The maximum absolute atomic E-state index is 13.5. The third-order valence-electron chi connectivity index (χ3n) is 5.45. The van der Waals surface area contributed by atoms with Gasteiger partial charge in [-0.2, -0.15) is 0 Å². The molecule has 0 spiro atoms. The van der Waals surface area contributed by atoms with Gasteiger partial charge in [-0.25, -0.2) is 9.97 Å². The van der Waals surface area contributed by atoms with E-state index in [0.29, 0.717) is 18.7 Å². The second-order valence-corrected chi connectivity index (χ2v) is 7.49. The maximum Gasteiger partial charge on any atom is 0.292 e.